The van der Waals surface area contributed by atoms with E-state index in [0.717, 1.165) is 18.3 Å². The van der Waals surface area contributed by atoms with Crippen LogP contribution in [0.1, 0.15) is 68.4 Å². The van der Waals surface area contributed by atoms with Crippen molar-refractivity contribution in [3.8, 4) is 0 Å². The van der Waals surface area contributed by atoms with Gasteiger partial charge in [0, 0.05) is 66.0 Å². The van der Waals surface area contributed by atoms with Crippen LogP contribution in [0.3, 0.4) is 0 Å². The van der Waals surface area contributed by atoms with Gasteiger partial charge < -0.3 is 25.3 Å². The second-order valence-corrected chi connectivity index (χ2v) is 13.4. The Morgan fingerprint density at radius 2 is 1.93 bits per heavy atom. The van der Waals surface area contributed by atoms with Crippen LogP contribution in [0.25, 0.3) is 16.6 Å². The maximum absolute atomic E-state index is 15.3. The van der Waals surface area contributed by atoms with E-state index in [1.165, 1.54) is 12.4 Å². The van der Waals surface area contributed by atoms with E-state index in [-0.39, 0.29) is 40.9 Å². The lowest BCUT2D eigenvalue weighted by molar-refractivity contribution is 0.0201. The molecule has 44 heavy (non-hydrogen) atoms. The molecule has 0 radical (unpaired) electrons. The van der Waals surface area contributed by atoms with E-state index in [4.69, 9.17) is 10.1 Å². The van der Waals surface area contributed by atoms with Gasteiger partial charge in [-0.3, -0.25) is 9.52 Å². The Kier molecular flexibility index (Phi) is 9.72. The lowest BCUT2D eigenvalue weighted by Crippen LogP contribution is -2.45. The van der Waals surface area contributed by atoms with Crippen molar-refractivity contribution < 1.29 is 31.5 Å². The van der Waals surface area contributed by atoms with E-state index in [9.17, 15) is 22.4 Å². The van der Waals surface area contributed by atoms with Crippen LogP contribution >= 0.6 is 0 Å². The fourth-order valence-electron chi connectivity index (χ4n) is 4.78. The number of benzene rings is 1. The van der Waals surface area contributed by atoms with Crippen molar-refractivity contribution in [2.45, 2.75) is 58.6 Å². The summed E-state index contributed by atoms with van der Waals surface area (Å²) in [5.74, 6) is -3.74. The number of anilines is 1. The van der Waals surface area contributed by atoms with Crippen molar-refractivity contribution in [1.82, 2.24) is 20.2 Å². The number of ketones is 1. The van der Waals surface area contributed by atoms with Gasteiger partial charge in [-0.05, 0) is 58.2 Å². The first-order valence-electron chi connectivity index (χ1n) is 14.2. The molecule has 0 saturated carbocycles. The first-order chi connectivity index (χ1) is 20.7. The first-order valence-corrected chi connectivity index (χ1v) is 15.8. The van der Waals surface area contributed by atoms with E-state index in [2.05, 4.69) is 20.0 Å². The minimum Gasteiger partial charge on any atom is -0.444 e. The molecule has 1 aliphatic heterocycles. The topological polar surface area (TPSA) is 157 Å². The number of likely N-dealkylation sites (tertiary alicyclic amines) is 1. The number of piperidine rings is 1. The second kappa shape index (κ2) is 13.1. The average molecular weight is 631 g/mol. The molecule has 236 valence electrons. The number of hydrogen-bond acceptors (Lipinski definition) is 8. The highest BCUT2D eigenvalue weighted by Gasteiger charge is 2.28. The third kappa shape index (κ3) is 7.59. The minimum atomic E-state index is -3.89. The average Bonchev–Trinajstić information content (AvgIpc) is 3.38. The molecular formula is C30H36F2N6O5S. The molecule has 14 heteroatoms. The third-order valence-electron chi connectivity index (χ3n) is 6.94. The number of halogens is 2. The largest absolute Gasteiger partial charge is 0.444 e. The molecule has 0 aliphatic carbocycles. The first kappa shape index (κ1) is 32.6. The molecule has 4 N–H and O–H groups in total. The number of carbonyl (C=O) groups excluding carboxylic acids is 2. The molecule has 3 heterocycles. The third-order valence-corrected chi connectivity index (χ3v) is 8.42. The molecule has 11 nitrogen and oxygen atoms in total. The van der Waals surface area contributed by atoms with Gasteiger partial charge in [0.05, 0.1) is 17.0 Å². The number of nitrogens with one attached hydrogen (secondary N) is 4. The summed E-state index contributed by atoms with van der Waals surface area (Å²) in [4.78, 5) is 34.6. The lowest BCUT2D eigenvalue weighted by atomic mass is 10.00. The Balaban J connectivity index is 1.54. The Morgan fingerprint density at radius 3 is 2.57 bits per heavy atom. The summed E-state index contributed by atoms with van der Waals surface area (Å²) >= 11 is 0. The number of nitrogens with zero attached hydrogens (tertiary/aromatic N) is 2. The summed E-state index contributed by atoms with van der Waals surface area (Å²) in [6.07, 6.45) is 6.81. The van der Waals surface area contributed by atoms with Gasteiger partial charge in [-0.1, -0.05) is 6.92 Å². The van der Waals surface area contributed by atoms with Gasteiger partial charge in [0.1, 0.15) is 17.1 Å². The number of hydrogen-bond donors (Lipinski definition) is 4. The van der Waals surface area contributed by atoms with Crippen LogP contribution < -0.4 is 10.0 Å². The maximum Gasteiger partial charge on any atom is 0.410 e. The Hall–Kier alpha value is -4.33. The van der Waals surface area contributed by atoms with Gasteiger partial charge in [-0.15, -0.1) is 0 Å². The summed E-state index contributed by atoms with van der Waals surface area (Å²) < 4.78 is 62.0. The summed E-state index contributed by atoms with van der Waals surface area (Å²) in [5.41, 5.74) is -0.889. The zero-order chi connectivity index (χ0) is 32.2. The normalized spacial score (nSPS) is 14.9. The molecule has 3 aromatic rings. The number of rotatable bonds is 10. The van der Waals surface area contributed by atoms with E-state index >= 15 is 4.39 Å². The van der Waals surface area contributed by atoms with Gasteiger partial charge in [0.25, 0.3) is 0 Å². The van der Waals surface area contributed by atoms with Crippen molar-refractivity contribution in [3.05, 3.63) is 65.1 Å². The molecule has 0 atom stereocenters. The number of allylic oxidation sites excluding steroid dienone is 1. The zero-order valence-corrected chi connectivity index (χ0v) is 25.8. The number of aromatic amines is 1. The van der Waals surface area contributed by atoms with Gasteiger partial charge >= 0.3 is 6.09 Å². The molecule has 1 fully saturated rings. The van der Waals surface area contributed by atoms with Crippen LogP contribution in [-0.4, -0.2) is 71.9 Å². The van der Waals surface area contributed by atoms with Crippen molar-refractivity contribution in [3.63, 3.8) is 0 Å². The van der Waals surface area contributed by atoms with Crippen LogP contribution in [0.2, 0.25) is 0 Å². The van der Waals surface area contributed by atoms with Gasteiger partial charge in [-0.2, -0.15) is 0 Å². The standard InChI is InChI=1S/C30H36F2N6O5S/c1-5-12-44(41,42)37-24-7-6-23(31)25(26(24)32)27(39)22-17-36-28-21(22)13-18(15-35-28)19(14-33)16-34-20-8-10-38(11-9-20)29(40)43-30(2,3)4/h6-7,13-17,20,33-34,37H,5,8-12H2,1-4H3,(H,35,36)/b19-16+,33-14?. The highest BCUT2D eigenvalue weighted by molar-refractivity contribution is 7.92. The fourth-order valence-corrected chi connectivity index (χ4v) is 5.91. The van der Waals surface area contributed by atoms with Crippen molar-refractivity contribution in [2.75, 3.05) is 23.6 Å². The number of sulfonamides is 1. The van der Waals surface area contributed by atoms with Crippen molar-refractivity contribution in [1.29, 1.82) is 5.41 Å². The minimum absolute atomic E-state index is 0.0395. The van der Waals surface area contributed by atoms with Crippen molar-refractivity contribution in [2.24, 2.45) is 0 Å². The van der Waals surface area contributed by atoms with E-state index in [0.29, 0.717) is 37.1 Å². The number of aromatic nitrogens is 2. The van der Waals surface area contributed by atoms with Crippen LogP contribution in [-0.2, 0) is 14.8 Å². The molecule has 0 bridgehead atoms. The molecule has 1 saturated heterocycles. The van der Waals surface area contributed by atoms with E-state index < -0.39 is 44.3 Å². The number of ether oxygens (including phenoxy) is 1. The van der Waals surface area contributed by atoms with E-state index in [1.807, 2.05) is 20.8 Å². The molecule has 1 aromatic carbocycles. The molecule has 0 spiro atoms. The number of carbonyl (C=O) groups is 2. The monoisotopic (exact) mass is 630 g/mol. The zero-order valence-electron chi connectivity index (χ0n) is 25.0. The highest BCUT2D eigenvalue weighted by Crippen LogP contribution is 2.29. The fraction of sp³-hybridized carbons (Fsp3) is 0.400. The van der Waals surface area contributed by atoms with Gasteiger partial charge in [-0.25, -0.2) is 27.0 Å². The summed E-state index contributed by atoms with van der Waals surface area (Å²) in [5, 5.41) is 11.5. The van der Waals surface area contributed by atoms with E-state index in [1.54, 1.807) is 24.1 Å². The quantitative estimate of drug-likeness (QED) is 0.177. The molecule has 2 aromatic heterocycles. The predicted octanol–water partition coefficient (Wildman–Crippen LogP) is 5.20. The molecule has 1 aliphatic rings. The summed E-state index contributed by atoms with van der Waals surface area (Å²) in [6, 6.07) is 3.38. The number of amides is 1. The number of H-pyrrole nitrogens is 1. The van der Waals surface area contributed by atoms with Crippen LogP contribution in [0, 0.1) is 17.0 Å². The lowest BCUT2D eigenvalue weighted by Gasteiger charge is -2.33. The van der Waals surface area contributed by atoms with Crippen LogP contribution in [0.15, 0.2) is 36.8 Å². The number of pyridine rings is 1. The second-order valence-electron chi connectivity index (χ2n) is 11.5. The Labute approximate surface area is 254 Å². The Morgan fingerprint density at radius 1 is 1.23 bits per heavy atom. The molecule has 1 amide bonds. The summed E-state index contributed by atoms with van der Waals surface area (Å²) in [7, 11) is -3.89. The smallest absolute Gasteiger partial charge is 0.410 e. The molecule has 4 rings (SSSR count). The highest BCUT2D eigenvalue weighted by atomic mass is 32.2. The van der Waals surface area contributed by atoms with Crippen molar-refractivity contribution >= 4 is 50.4 Å². The van der Waals surface area contributed by atoms with Crippen LogP contribution in [0.4, 0.5) is 19.3 Å². The maximum atomic E-state index is 15.3. The Bertz CT molecular complexity index is 1710. The number of fused-ring (bicyclic) bond motifs is 1. The molecule has 0 unspecified atom stereocenters. The van der Waals surface area contributed by atoms with Gasteiger partial charge in [0.2, 0.25) is 15.8 Å². The SMILES string of the molecule is CCCS(=O)(=O)Nc1ccc(F)c(C(=O)c2c[nH]c3ncc(/C(C=N)=C/NC4CCN(C(=O)OC(C)(C)C)CC4)cc23)c1F. The van der Waals surface area contributed by atoms with Crippen LogP contribution in [0.5, 0.6) is 0 Å². The predicted molar refractivity (Wildman–Crippen MR) is 164 cm³/mol. The molecular weight excluding hydrogens is 594 g/mol. The summed E-state index contributed by atoms with van der Waals surface area (Å²) in [6.45, 7) is 8.11. The van der Waals surface area contributed by atoms with Gasteiger partial charge in [0.15, 0.2) is 5.82 Å².